The fraction of sp³-hybridized carbons (Fsp3) is 0.235. The van der Waals surface area contributed by atoms with Crippen molar-refractivity contribution in [3.63, 3.8) is 0 Å². The Morgan fingerprint density at radius 3 is 2.50 bits per heavy atom. The Hall–Kier alpha value is -2.87. The lowest BCUT2D eigenvalue weighted by Gasteiger charge is -2.16. The summed E-state index contributed by atoms with van der Waals surface area (Å²) in [4.78, 5) is 10.7. The number of anilines is 1. The molecule has 0 spiro atoms. The first-order valence-electron chi connectivity index (χ1n) is 7.09. The summed E-state index contributed by atoms with van der Waals surface area (Å²) in [6, 6.07) is 14.4. The molecular weight excluding hydrogens is 278 g/mol. The summed E-state index contributed by atoms with van der Waals surface area (Å²) >= 11 is 0. The van der Waals surface area contributed by atoms with Gasteiger partial charge in [0.1, 0.15) is 5.69 Å². The zero-order chi connectivity index (χ0) is 16.1. The van der Waals surface area contributed by atoms with E-state index in [0.717, 1.165) is 12.0 Å². The van der Waals surface area contributed by atoms with Crippen LogP contribution in [0, 0.1) is 21.4 Å². The van der Waals surface area contributed by atoms with Crippen LogP contribution in [0.15, 0.2) is 42.5 Å². The summed E-state index contributed by atoms with van der Waals surface area (Å²) in [6.45, 7) is 4.04. The van der Waals surface area contributed by atoms with E-state index in [1.54, 1.807) is 12.1 Å². The van der Waals surface area contributed by atoms with Crippen molar-refractivity contribution in [1.82, 2.24) is 0 Å². The SMILES string of the molecule is CCc1ccc(C(C)Nc2ccc(C#N)cc2[N+](=O)[O-])cc1. The Morgan fingerprint density at radius 2 is 1.95 bits per heavy atom. The number of nitrogens with one attached hydrogen (secondary N) is 1. The van der Waals surface area contributed by atoms with Gasteiger partial charge in [-0.2, -0.15) is 5.26 Å². The van der Waals surface area contributed by atoms with Crippen LogP contribution >= 0.6 is 0 Å². The van der Waals surface area contributed by atoms with Gasteiger partial charge in [0.15, 0.2) is 0 Å². The zero-order valence-electron chi connectivity index (χ0n) is 12.5. The normalized spacial score (nSPS) is 11.5. The second-order valence-electron chi connectivity index (χ2n) is 5.06. The molecule has 0 radical (unpaired) electrons. The van der Waals surface area contributed by atoms with Crippen molar-refractivity contribution >= 4 is 11.4 Å². The van der Waals surface area contributed by atoms with Crippen molar-refractivity contribution in [1.29, 1.82) is 5.26 Å². The van der Waals surface area contributed by atoms with Crippen LogP contribution in [0.4, 0.5) is 11.4 Å². The minimum atomic E-state index is -0.476. The highest BCUT2D eigenvalue weighted by atomic mass is 16.6. The largest absolute Gasteiger partial charge is 0.373 e. The van der Waals surface area contributed by atoms with Crippen LogP contribution in [0.2, 0.25) is 0 Å². The van der Waals surface area contributed by atoms with Gasteiger partial charge in [0.05, 0.1) is 16.6 Å². The number of nitro groups is 1. The molecule has 1 unspecified atom stereocenters. The summed E-state index contributed by atoms with van der Waals surface area (Å²) < 4.78 is 0. The maximum absolute atomic E-state index is 11.1. The molecule has 0 saturated carbocycles. The molecule has 0 amide bonds. The third kappa shape index (κ3) is 3.41. The molecule has 5 heteroatoms. The molecule has 1 atom stereocenters. The van der Waals surface area contributed by atoms with E-state index in [2.05, 4.69) is 24.4 Å². The monoisotopic (exact) mass is 295 g/mol. The molecule has 112 valence electrons. The average Bonchev–Trinajstić information content (AvgIpc) is 2.55. The zero-order valence-corrected chi connectivity index (χ0v) is 12.5. The summed E-state index contributed by atoms with van der Waals surface area (Å²) in [5, 5.41) is 23.1. The molecular formula is C17H17N3O2. The van der Waals surface area contributed by atoms with E-state index in [1.807, 2.05) is 25.1 Å². The fourth-order valence-corrected chi connectivity index (χ4v) is 2.23. The summed E-state index contributed by atoms with van der Waals surface area (Å²) in [5.74, 6) is 0. The molecule has 0 fully saturated rings. The van der Waals surface area contributed by atoms with Crippen molar-refractivity contribution in [3.8, 4) is 6.07 Å². The Bertz CT molecular complexity index is 718. The number of hydrogen-bond donors (Lipinski definition) is 1. The van der Waals surface area contributed by atoms with Crippen LogP contribution in [-0.2, 0) is 6.42 Å². The molecule has 22 heavy (non-hydrogen) atoms. The van der Waals surface area contributed by atoms with Crippen LogP contribution in [0.1, 0.15) is 36.6 Å². The lowest BCUT2D eigenvalue weighted by molar-refractivity contribution is -0.384. The smallest absolute Gasteiger partial charge is 0.293 e. The number of nitro benzene ring substituents is 1. The number of nitrogens with zero attached hydrogens (tertiary/aromatic N) is 2. The van der Waals surface area contributed by atoms with Crippen molar-refractivity contribution in [3.05, 3.63) is 69.3 Å². The number of rotatable bonds is 5. The molecule has 0 aliphatic heterocycles. The molecule has 0 aliphatic carbocycles. The number of nitriles is 1. The van der Waals surface area contributed by atoms with Crippen LogP contribution in [0.3, 0.4) is 0 Å². The average molecular weight is 295 g/mol. The van der Waals surface area contributed by atoms with Crippen LogP contribution in [0.25, 0.3) is 0 Å². The number of hydrogen-bond acceptors (Lipinski definition) is 4. The van der Waals surface area contributed by atoms with Crippen molar-refractivity contribution in [2.75, 3.05) is 5.32 Å². The molecule has 2 aromatic rings. The highest BCUT2D eigenvalue weighted by Crippen LogP contribution is 2.29. The van der Waals surface area contributed by atoms with E-state index < -0.39 is 4.92 Å². The standard InChI is InChI=1S/C17H17N3O2/c1-3-13-4-7-15(8-5-13)12(2)19-16-9-6-14(11-18)10-17(16)20(21)22/h4-10,12,19H,3H2,1-2H3. The van der Waals surface area contributed by atoms with Crippen LogP contribution in [0.5, 0.6) is 0 Å². The van der Waals surface area contributed by atoms with E-state index in [-0.39, 0.29) is 17.3 Å². The van der Waals surface area contributed by atoms with Gasteiger partial charge in [0.25, 0.3) is 5.69 Å². The molecule has 5 nitrogen and oxygen atoms in total. The number of aryl methyl sites for hydroxylation is 1. The minimum Gasteiger partial charge on any atom is -0.373 e. The van der Waals surface area contributed by atoms with E-state index in [9.17, 15) is 10.1 Å². The van der Waals surface area contributed by atoms with Crippen LogP contribution < -0.4 is 5.32 Å². The Labute approximate surface area is 129 Å². The molecule has 2 aromatic carbocycles. The van der Waals surface area contributed by atoms with Gasteiger partial charge in [-0.25, -0.2) is 0 Å². The second-order valence-corrected chi connectivity index (χ2v) is 5.06. The topological polar surface area (TPSA) is 79.0 Å². The molecule has 0 aliphatic rings. The van der Waals surface area contributed by atoms with E-state index in [0.29, 0.717) is 5.69 Å². The van der Waals surface area contributed by atoms with Crippen molar-refractivity contribution < 1.29 is 4.92 Å². The highest BCUT2D eigenvalue weighted by molar-refractivity contribution is 5.64. The third-order valence-corrected chi connectivity index (χ3v) is 3.58. The van der Waals surface area contributed by atoms with Crippen molar-refractivity contribution in [2.45, 2.75) is 26.3 Å². The van der Waals surface area contributed by atoms with Gasteiger partial charge in [0, 0.05) is 12.1 Å². The Morgan fingerprint density at radius 1 is 1.27 bits per heavy atom. The van der Waals surface area contributed by atoms with Gasteiger partial charge in [-0.05, 0) is 36.6 Å². The fourth-order valence-electron chi connectivity index (χ4n) is 2.23. The summed E-state index contributed by atoms with van der Waals surface area (Å²) in [5.41, 5.74) is 2.90. The predicted molar refractivity (Wildman–Crippen MR) is 85.7 cm³/mol. The molecule has 2 rings (SSSR count). The second kappa shape index (κ2) is 6.72. The molecule has 0 aromatic heterocycles. The van der Waals surface area contributed by atoms with E-state index >= 15 is 0 Å². The van der Waals surface area contributed by atoms with Crippen LogP contribution in [-0.4, -0.2) is 4.92 Å². The maximum Gasteiger partial charge on any atom is 0.293 e. The molecule has 0 saturated heterocycles. The maximum atomic E-state index is 11.1. The lowest BCUT2D eigenvalue weighted by atomic mass is 10.0. The van der Waals surface area contributed by atoms with Gasteiger partial charge in [-0.1, -0.05) is 31.2 Å². The summed E-state index contributed by atoms with van der Waals surface area (Å²) in [6.07, 6.45) is 0.975. The minimum absolute atomic E-state index is 0.0717. The van der Waals surface area contributed by atoms with Gasteiger partial charge < -0.3 is 5.32 Å². The first kappa shape index (κ1) is 15.5. The molecule has 0 heterocycles. The van der Waals surface area contributed by atoms with Gasteiger partial charge in [0.2, 0.25) is 0 Å². The predicted octanol–water partition coefficient (Wildman–Crippen LogP) is 4.20. The first-order chi connectivity index (χ1) is 10.5. The van der Waals surface area contributed by atoms with Crippen molar-refractivity contribution in [2.24, 2.45) is 0 Å². The van der Waals surface area contributed by atoms with E-state index in [1.165, 1.54) is 11.6 Å². The van der Waals surface area contributed by atoms with Gasteiger partial charge in [-0.15, -0.1) is 0 Å². The first-order valence-corrected chi connectivity index (χ1v) is 7.09. The van der Waals surface area contributed by atoms with Gasteiger partial charge in [-0.3, -0.25) is 10.1 Å². The van der Waals surface area contributed by atoms with E-state index in [4.69, 9.17) is 5.26 Å². The van der Waals surface area contributed by atoms with Gasteiger partial charge >= 0.3 is 0 Å². The molecule has 0 bridgehead atoms. The number of benzene rings is 2. The third-order valence-electron chi connectivity index (χ3n) is 3.58. The highest BCUT2D eigenvalue weighted by Gasteiger charge is 2.17. The molecule has 1 N–H and O–H groups in total. The quantitative estimate of drug-likeness (QED) is 0.662. The Balaban J connectivity index is 2.25. The Kier molecular flexibility index (Phi) is 4.74. The summed E-state index contributed by atoms with van der Waals surface area (Å²) in [7, 11) is 0. The lowest BCUT2D eigenvalue weighted by Crippen LogP contribution is -2.08.